The van der Waals surface area contributed by atoms with E-state index in [9.17, 15) is 13.2 Å². The summed E-state index contributed by atoms with van der Waals surface area (Å²) in [5.74, 6) is -1.35. The van der Waals surface area contributed by atoms with Crippen LogP contribution in [0.15, 0.2) is 35.5 Å². The molecule has 7 nitrogen and oxygen atoms in total. The summed E-state index contributed by atoms with van der Waals surface area (Å²) < 4.78 is 26.9. The second kappa shape index (κ2) is 5.66. The average Bonchev–Trinajstić information content (AvgIpc) is 2.88. The molecule has 0 bridgehead atoms. The molecule has 2 rings (SSSR count). The SMILES string of the molecule is Cc1cccc([C@H](C)NS(=O)(=O)c2[nH]ncc2C(=O)O)c1. The molecular formula is C13H15N3O4S. The van der Waals surface area contributed by atoms with Gasteiger partial charge >= 0.3 is 5.97 Å². The first-order valence-electron chi connectivity index (χ1n) is 6.17. The van der Waals surface area contributed by atoms with Gasteiger partial charge in [-0.05, 0) is 19.4 Å². The van der Waals surface area contributed by atoms with Crippen molar-refractivity contribution >= 4 is 16.0 Å². The Bertz CT molecular complexity index is 767. The number of nitrogens with one attached hydrogen (secondary N) is 2. The molecular weight excluding hydrogens is 294 g/mol. The Morgan fingerprint density at radius 1 is 1.43 bits per heavy atom. The molecule has 2 aromatic rings. The number of hydrogen-bond acceptors (Lipinski definition) is 4. The Hall–Kier alpha value is -2.19. The highest BCUT2D eigenvalue weighted by atomic mass is 32.2. The number of aromatic amines is 1. The van der Waals surface area contributed by atoms with Crippen molar-refractivity contribution in [3.8, 4) is 0 Å². The summed E-state index contributed by atoms with van der Waals surface area (Å²) in [7, 11) is -4.00. The largest absolute Gasteiger partial charge is 0.478 e. The normalized spacial score (nSPS) is 13.0. The lowest BCUT2D eigenvalue weighted by atomic mass is 10.1. The van der Waals surface area contributed by atoms with Gasteiger partial charge in [0.25, 0.3) is 10.0 Å². The minimum absolute atomic E-state index is 0.390. The zero-order chi connectivity index (χ0) is 15.6. The number of aromatic nitrogens is 2. The van der Waals surface area contributed by atoms with Gasteiger partial charge in [-0.3, -0.25) is 5.10 Å². The minimum Gasteiger partial charge on any atom is -0.478 e. The van der Waals surface area contributed by atoms with Crippen molar-refractivity contribution in [1.29, 1.82) is 0 Å². The predicted octanol–water partition coefficient (Wildman–Crippen LogP) is 1.46. The van der Waals surface area contributed by atoms with Crippen LogP contribution in [0.5, 0.6) is 0 Å². The quantitative estimate of drug-likeness (QED) is 0.774. The van der Waals surface area contributed by atoms with Gasteiger partial charge in [0.2, 0.25) is 0 Å². The van der Waals surface area contributed by atoms with E-state index in [1.165, 1.54) is 0 Å². The highest BCUT2D eigenvalue weighted by Gasteiger charge is 2.26. The monoisotopic (exact) mass is 309 g/mol. The number of benzene rings is 1. The molecule has 0 radical (unpaired) electrons. The fourth-order valence-electron chi connectivity index (χ4n) is 1.93. The van der Waals surface area contributed by atoms with Crippen LogP contribution in [-0.2, 0) is 10.0 Å². The molecule has 21 heavy (non-hydrogen) atoms. The Labute approximate surface area is 122 Å². The molecule has 0 saturated heterocycles. The zero-order valence-electron chi connectivity index (χ0n) is 11.5. The van der Waals surface area contributed by atoms with Crippen LogP contribution in [-0.4, -0.2) is 29.7 Å². The molecule has 0 aliphatic rings. The molecule has 1 atom stereocenters. The Kier molecular flexibility index (Phi) is 4.10. The molecule has 0 aliphatic heterocycles. The van der Waals surface area contributed by atoms with E-state index in [1.807, 2.05) is 25.1 Å². The Balaban J connectivity index is 2.29. The molecule has 0 aliphatic carbocycles. The summed E-state index contributed by atoms with van der Waals surface area (Å²) >= 11 is 0. The van der Waals surface area contributed by atoms with Crippen molar-refractivity contribution in [1.82, 2.24) is 14.9 Å². The molecule has 1 aromatic carbocycles. The smallest absolute Gasteiger partial charge is 0.340 e. The number of carbonyl (C=O) groups is 1. The van der Waals surface area contributed by atoms with Gasteiger partial charge in [0.05, 0.1) is 6.20 Å². The minimum atomic E-state index is -4.00. The zero-order valence-corrected chi connectivity index (χ0v) is 12.3. The predicted molar refractivity (Wildman–Crippen MR) is 75.5 cm³/mol. The van der Waals surface area contributed by atoms with E-state index in [1.54, 1.807) is 13.0 Å². The van der Waals surface area contributed by atoms with E-state index in [2.05, 4.69) is 14.9 Å². The molecule has 0 fully saturated rings. The number of nitrogens with zero attached hydrogens (tertiary/aromatic N) is 1. The Morgan fingerprint density at radius 2 is 2.14 bits per heavy atom. The van der Waals surface area contributed by atoms with Crippen molar-refractivity contribution in [2.45, 2.75) is 24.9 Å². The summed E-state index contributed by atoms with van der Waals surface area (Å²) in [6.45, 7) is 3.59. The summed E-state index contributed by atoms with van der Waals surface area (Å²) in [5, 5.41) is 14.2. The van der Waals surface area contributed by atoms with Crippen molar-refractivity contribution in [2.75, 3.05) is 0 Å². The first-order valence-corrected chi connectivity index (χ1v) is 7.65. The maximum absolute atomic E-state index is 12.2. The van der Waals surface area contributed by atoms with E-state index in [-0.39, 0.29) is 5.56 Å². The molecule has 3 N–H and O–H groups in total. The van der Waals surface area contributed by atoms with Crippen LogP contribution in [0.1, 0.15) is 34.5 Å². The van der Waals surface area contributed by atoms with Crippen LogP contribution in [0.25, 0.3) is 0 Å². The second-order valence-electron chi connectivity index (χ2n) is 4.68. The average molecular weight is 309 g/mol. The topological polar surface area (TPSA) is 112 Å². The van der Waals surface area contributed by atoms with Gasteiger partial charge in [-0.15, -0.1) is 0 Å². The first-order chi connectivity index (χ1) is 9.81. The van der Waals surface area contributed by atoms with E-state index >= 15 is 0 Å². The van der Waals surface area contributed by atoms with Crippen LogP contribution in [0.3, 0.4) is 0 Å². The number of aromatic carboxylic acids is 1. The molecule has 8 heteroatoms. The molecule has 0 saturated carbocycles. The Morgan fingerprint density at radius 3 is 2.76 bits per heavy atom. The summed E-state index contributed by atoms with van der Waals surface area (Å²) in [6, 6.07) is 6.89. The fourth-order valence-corrected chi connectivity index (χ4v) is 3.25. The van der Waals surface area contributed by atoms with Crippen LogP contribution in [0.4, 0.5) is 0 Å². The van der Waals surface area contributed by atoms with Gasteiger partial charge in [-0.2, -0.15) is 5.10 Å². The third kappa shape index (κ3) is 3.29. The lowest BCUT2D eigenvalue weighted by Crippen LogP contribution is -2.28. The van der Waals surface area contributed by atoms with E-state index in [4.69, 9.17) is 5.11 Å². The number of rotatable bonds is 5. The lowest BCUT2D eigenvalue weighted by Gasteiger charge is -2.14. The van der Waals surface area contributed by atoms with Gasteiger partial charge in [0.15, 0.2) is 5.03 Å². The van der Waals surface area contributed by atoms with Gasteiger partial charge in [-0.1, -0.05) is 29.8 Å². The summed E-state index contributed by atoms with van der Waals surface area (Å²) in [4.78, 5) is 11.0. The third-order valence-electron chi connectivity index (χ3n) is 2.98. The van der Waals surface area contributed by atoms with Crippen molar-refractivity contribution in [3.63, 3.8) is 0 Å². The standard InChI is InChI=1S/C13H15N3O4S/c1-8-4-3-5-10(6-8)9(2)16-21(19,20)12-11(13(17)18)7-14-15-12/h3-7,9,16H,1-2H3,(H,14,15)(H,17,18)/t9-/m0/s1. The van der Waals surface area contributed by atoms with Crippen molar-refractivity contribution in [2.24, 2.45) is 0 Å². The number of sulfonamides is 1. The fraction of sp³-hybridized carbons (Fsp3) is 0.231. The number of hydrogen-bond donors (Lipinski definition) is 3. The van der Waals surface area contributed by atoms with Gasteiger partial charge in [-0.25, -0.2) is 17.9 Å². The molecule has 1 heterocycles. The van der Waals surface area contributed by atoms with E-state index in [0.717, 1.165) is 17.3 Å². The van der Waals surface area contributed by atoms with Crippen LogP contribution in [0, 0.1) is 6.92 Å². The number of carboxylic acids is 1. The van der Waals surface area contributed by atoms with Crippen molar-refractivity contribution in [3.05, 3.63) is 47.2 Å². The van der Waals surface area contributed by atoms with Crippen LogP contribution >= 0.6 is 0 Å². The number of aryl methyl sites for hydroxylation is 1. The first kappa shape index (κ1) is 15.2. The molecule has 1 aromatic heterocycles. The molecule has 0 unspecified atom stereocenters. The third-order valence-corrected chi connectivity index (χ3v) is 4.49. The van der Waals surface area contributed by atoms with Gasteiger partial charge in [0.1, 0.15) is 5.56 Å². The van der Waals surface area contributed by atoms with Crippen LogP contribution in [0.2, 0.25) is 0 Å². The summed E-state index contributed by atoms with van der Waals surface area (Å²) in [5.41, 5.74) is 1.40. The highest BCUT2D eigenvalue weighted by Crippen LogP contribution is 2.18. The molecule has 0 amide bonds. The maximum Gasteiger partial charge on any atom is 0.340 e. The van der Waals surface area contributed by atoms with Crippen LogP contribution < -0.4 is 4.72 Å². The highest BCUT2D eigenvalue weighted by molar-refractivity contribution is 7.89. The lowest BCUT2D eigenvalue weighted by molar-refractivity contribution is 0.0692. The number of H-pyrrole nitrogens is 1. The number of carboxylic acid groups (broad SMARTS) is 1. The molecule has 112 valence electrons. The maximum atomic E-state index is 12.2. The molecule has 0 spiro atoms. The van der Waals surface area contributed by atoms with E-state index < -0.39 is 27.1 Å². The van der Waals surface area contributed by atoms with Crippen molar-refractivity contribution < 1.29 is 18.3 Å². The summed E-state index contributed by atoms with van der Waals surface area (Å²) in [6.07, 6.45) is 0.966. The van der Waals surface area contributed by atoms with Gasteiger partial charge < -0.3 is 5.11 Å². The van der Waals surface area contributed by atoms with Gasteiger partial charge in [0, 0.05) is 6.04 Å². The second-order valence-corrected chi connectivity index (χ2v) is 6.33. The van der Waals surface area contributed by atoms with E-state index in [0.29, 0.717) is 0 Å².